The van der Waals surface area contributed by atoms with E-state index < -0.39 is 60.7 Å². The number of hydrogen-bond donors (Lipinski definition) is 1. The van der Waals surface area contributed by atoms with Gasteiger partial charge >= 0.3 is 23.9 Å². The van der Waals surface area contributed by atoms with E-state index >= 15 is 0 Å². The fraction of sp³-hybridized carbons (Fsp3) is 0.500. The second kappa shape index (κ2) is 11.4. The van der Waals surface area contributed by atoms with E-state index in [-0.39, 0.29) is 10.9 Å². The first-order valence-electron chi connectivity index (χ1n) is 10.1. The third-order valence-corrected chi connectivity index (χ3v) is 5.44. The maximum Gasteiger partial charge on any atom is 0.303 e. The largest absolute Gasteiger partial charge is 0.463 e. The molecule has 0 bridgehead atoms. The lowest BCUT2D eigenvalue weighted by molar-refractivity contribution is -0.360. The SMILES string of the molecule is CC(=O)OC[C@H]1O[C@@](O)(c2ccc(C#N)c(CBr)c2)[C@H](OC(C)=O)[C@@H](OC(C)=O)[C@@H]1OC(C)=O. The van der Waals surface area contributed by atoms with Crippen LogP contribution in [0.4, 0.5) is 0 Å². The van der Waals surface area contributed by atoms with Crippen molar-refractivity contribution in [3.05, 3.63) is 34.9 Å². The number of carbonyl (C=O) groups is 4. The summed E-state index contributed by atoms with van der Waals surface area (Å²) in [6, 6.07) is 6.27. The molecule has 34 heavy (non-hydrogen) atoms. The van der Waals surface area contributed by atoms with E-state index in [0.717, 1.165) is 27.7 Å². The zero-order chi connectivity index (χ0) is 25.6. The predicted octanol–water partition coefficient (Wildman–Crippen LogP) is 1.36. The van der Waals surface area contributed by atoms with Gasteiger partial charge in [-0.15, -0.1) is 0 Å². The normalized spacial score (nSPS) is 26.0. The van der Waals surface area contributed by atoms with Crippen molar-refractivity contribution in [3.8, 4) is 6.07 Å². The first kappa shape index (κ1) is 27.2. The Hall–Kier alpha value is -3.01. The molecule has 1 aliphatic rings. The lowest BCUT2D eigenvalue weighted by atomic mass is 9.86. The standard InChI is InChI=1S/C22H24BrNO10/c1-11(25)30-10-18-19(31-12(2)26)20(32-13(3)27)21(33-14(4)28)22(29,34-18)17-6-5-15(9-24)16(7-17)8-23/h5-7,18-21,29H,8,10H2,1-4H3/t18-,19-,20+,21-,22+/m1/s1. The fourth-order valence-corrected chi connectivity index (χ4v) is 4.01. The number of alkyl halides is 1. The molecule has 1 aromatic carbocycles. The minimum Gasteiger partial charge on any atom is -0.463 e. The first-order valence-corrected chi connectivity index (χ1v) is 11.2. The van der Waals surface area contributed by atoms with Crippen LogP contribution in [0.3, 0.4) is 0 Å². The summed E-state index contributed by atoms with van der Waals surface area (Å²) in [4.78, 5) is 47.1. The third kappa shape index (κ3) is 6.31. The van der Waals surface area contributed by atoms with Crippen LogP contribution < -0.4 is 0 Å². The molecule has 0 aromatic heterocycles. The lowest BCUT2D eigenvalue weighted by Crippen LogP contribution is -2.66. The van der Waals surface area contributed by atoms with Crippen LogP contribution >= 0.6 is 15.9 Å². The number of carbonyl (C=O) groups excluding carboxylic acids is 4. The summed E-state index contributed by atoms with van der Waals surface area (Å²) in [5, 5.41) is 21.3. The highest BCUT2D eigenvalue weighted by Gasteiger charge is 2.60. The van der Waals surface area contributed by atoms with Gasteiger partial charge in [-0.2, -0.15) is 5.26 Å². The maximum atomic E-state index is 12.0. The van der Waals surface area contributed by atoms with Crippen LogP contribution in [-0.2, 0) is 54.0 Å². The molecule has 1 heterocycles. The average Bonchev–Trinajstić information content (AvgIpc) is 2.75. The summed E-state index contributed by atoms with van der Waals surface area (Å²) in [5.41, 5.74) is 0.856. The second-order valence-corrected chi connectivity index (χ2v) is 8.01. The van der Waals surface area contributed by atoms with Gasteiger partial charge in [0.2, 0.25) is 11.9 Å². The van der Waals surface area contributed by atoms with E-state index in [1.165, 1.54) is 18.2 Å². The second-order valence-electron chi connectivity index (χ2n) is 7.45. The average molecular weight is 542 g/mol. The van der Waals surface area contributed by atoms with Gasteiger partial charge in [-0.3, -0.25) is 19.2 Å². The van der Waals surface area contributed by atoms with Crippen molar-refractivity contribution >= 4 is 39.8 Å². The first-order chi connectivity index (χ1) is 15.9. The molecule has 0 amide bonds. The van der Waals surface area contributed by atoms with Crippen molar-refractivity contribution in [1.82, 2.24) is 0 Å². The van der Waals surface area contributed by atoms with Crippen LogP contribution in [-0.4, -0.2) is 60.0 Å². The summed E-state index contributed by atoms with van der Waals surface area (Å²) in [5.74, 6) is -5.59. The van der Waals surface area contributed by atoms with E-state index in [1.54, 1.807) is 0 Å². The number of hydrogen-bond acceptors (Lipinski definition) is 11. The molecular weight excluding hydrogens is 518 g/mol. The number of benzene rings is 1. The highest BCUT2D eigenvalue weighted by atomic mass is 79.9. The minimum absolute atomic E-state index is 0.0541. The Morgan fingerprint density at radius 3 is 2.12 bits per heavy atom. The fourth-order valence-electron chi connectivity index (χ4n) is 3.55. The molecule has 1 N–H and O–H groups in total. The van der Waals surface area contributed by atoms with Gasteiger partial charge in [0.05, 0.1) is 11.6 Å². The molecule has 5 atom stereocenters. The molecule has 12 heteroatoms. The van der Waals surface area contributed by atoms with Crippen molar-refractivity contribution in [1.29, 1.82) is 5.26 Å². The number of aliphatic hydroxyl groups is 1. The van der Waals surface area contributed by atoms with Crippen LogP contribution in [0.25, 0.3) is 0 Å². The highest BCUT2D eigenvalue weighted by Crippen LogP contribution is 2.41. The van der Waals surface area contributed by atoms with Crippen molar-refractivity contribution < 1.29 is 48.0 Å². The molecule has 0 radical (unpaired) electrons. The summed E-state index contributed by atoms with van der Waals surface area (Å²) in [7, 11) is 0. The number of nitrogens with zero attached hydrogens (tertiary/aromatic N) is 1. The summed E-state index contributed by atoms with van der Waals surface area (Å²) in [6.45, 7) is 3.90. The van der Waals surface area contributed by atoms with Gasteiger partial charge < -0.3 is 28.8 Å². The summed E-state index contributed by atoms with van der Waals surface area (Å²) in [6.07, 6.45) is -5.95. The van der Waals surface area contributed by atoms with Crippen LogP contribution in [0.15, 0.2) is 18.2 Å². The Kier molecular flexibility index (Phi) is 9.14. The molecule has 2 rings (SSSR count). The molecule has 1 fully saturated rings. The predicted molar refractivity (Wildman–Crippen MR) is 116 cm³/mol. The van der Waals surface area contributed by atoms with Gasteiger partial charge in [0.15, 0.2) is 12.2 Å². The molecule has 11 nitrogen and oxygen atoms in total. The Labute approximate surface area is 204 Å². The topological polar surface area (TPSA) is 158 Å². The van der Waals surface area contributed by atoms with E-state index in [4.69, 9.17) is 23.7 Å². The van der Waals surface area contributed by atoms with Crippen LogP contribution in [0, 0.1) is 11.3 Å². The zero-order valence-corrected chi connectivity index (χ0v) is 20.5. The van der Waals surface area contributed by atoms with Crippen LogP contribution in [0.5, 0.6) is 0 Å². The van der Waals surface area contributed by atoms with Gasteiger partial charge in [0.1, 0.15) is 12.7 Å². The Morgan fingerprint density at radius 1 is 1.03 bits per heavy atom. The maximum absolute atomic E-state index is 12.0. The molecule has 0 spiro atoms. The number of rotatable bonds is 7. The molecular formula is C22H24BrNO10. The molecule has 0 saturated carbocycles. The van der Waals surface area contributed by atoms with E-state index in [2.05, 4.69) is 15.9 Å². The van der Waals surface area contributed by atoms with Crippen LogP contribution in [0.2, 0.25) is 0 Å². The number of esters is 4. The molecule has 0 aliphatic carbocycles. The Balaban J connectivity index is 2.71. The van der Waals surface area contributed by atoms with Crippen molar-refractivity contribution in [2.24, 2.45) is 0 Å². The smallest absolute Gasteiger partial charge is 0.303 e. The van der Waals surface area contributed by atoms with Crippen LogP contribution in [0.1, 0.15) is 44.4 Å². The lowest BCUT2D eigenvalue weighted by Gasteiger charge is -2.48. The highest BCUT2D eigenvalue weighted by molar-refractivity contribution is 9.08. The number of ether oxygens (including phenoxy) is 5. The Bertz CT molecular complexity index is 1010. The van der Waals surface area contributed by atoms with Gasteiger partial charge in [-0.05, 0) is 17.7 Å². The molecule has 0 unspecified atom stereocenters. The number of nitriles is 1. The monoisotopic (exact) mass is 541 g/mol. The molecule has 1 saturated heterocycles. The van der Waals surface area contributed by atoms with Gasteiger partial charge in [-0.25, -0.2) is 0 Å². The van der Waals surface area contributed by atoms with Gasteiger partial charge in [0.25, 0.3) is 0 Å². The third-order valence-electron chi connectivity index (χ3n) is 4.84. The summed E-state index contributed by atoms with van der Waals surface area (Å²) < 4.78 is 26.8. The van der Waals surface area contributed by atoms with Gasteiger partial charge in [-0.1, -0.05) is 22.0 Å². The quantitative estimate of drug-likeness (QED) is 0.301. The van der Waals surface area contributed by atoms with E-state index in [1.807, 2.05) is 6.07 Å². The van der Waals surface area contributed by atoms with Gasteiger partial charge in [0, 0.05) is 38.6 Å². The number of halogens is 1. The molecule has 1 aromatic rings. The summed E-state index contributed by atoms with van der Waals surface area (Å²) >= 11 is 3.27. The van der Waals surface area contributed by atoms with Crippen molar-refractivity contribution in [2.45, 2.75) is 63.2 Å². The van der Waals surface area contributed by atoms with E-state index in [0.29, 0.717) is 11.1 Å². The minimum atomic E-state index is -2.45. The zero-order valence-electron chi connectivity index (χ0n) is 18.9. The van der Waals surface area contributed by atoms with Crippen molar-refractivity contribution in [2.75, 3.05) is 6.61 Å². The molecule has 1 aliphatic heterocycles. The molecule has 184 valence electrons. The van der Waals surface area contributed by atoms with Crippen molar-refractivity contribution in [3.63, 3.8) is 0 Å². The Morgan fingerprint density at radius 2 is 1.62 bits per heavy atom. The van der Waals surface area contributed by atoms with E-state index in [9.17, 15) is 29.5 Å².